The zero-order chi connectivity index (χ0) is 19.1. The number of rotatable bonds is 2. The van der Waals surface area contributed by atoms with Gasteiger partial charge in [0.2, 0.25) is 0 Å². The SMILES string of the molecule is Cn1cc(-c2ccc(C(=O)N3C=C4CC=CN4Cc4ccccc43)cn2)cn1. The molecule has 0 radical (unpaired) electrons. The molecule has 5 rings (SSSR count). The zero-order valence-electron chi connectivity index (χ0n) is 15.5. The number of fused-ring (bicyclic) bond motifs is 2. The van der Waals surface area contributed by atoms with Gasteiger partial charge in [-0.25, -0.2) is 0 Å². The highest BCUT2D eigenvalue weighted by Crippen LogP contribution is 2.33. The number of carbonyl (C=O) groups is 1. The van der Waals surface area contributed by atoms with Crippen LogP contribution in [0.4, 0.5) is 5.69 Å². The van der Waals surface area contributed by atoms with Crippen LogP contribution in [0.5, 0.6) is 0 Å². The third-order valence-corrected chi connectivity index (χ3v) is 5.08. The van der Waals surface area contributed by atoms with Crippen LogP contribution < -0.4 is 4.90 Å². The summed E-state index contributed by atoms with van der Waals surface area (Å²) in [6, 6.07) is 11.7. The lowest BCUT2D eigenvalue weighted by atomic mass is 10.1. The summed E-state index contributed by atoms with van der Waals surface area (Å²) in [6.45, 7) is 0.764. The van der Waals surface area contributed by atoms with Gasteiger partial charge < -0.3 is 4.90 Å². The molecule has 0 aliphatic carbocycles. The molecule has 6 heteroatoms. The van der Waals surface area contributed by atoms with Crippen molar-refractivity contribution in [3.05, 3.63) is 90.3 Å². The predicted octanol–water partition coefficient (Wildman–Crippen LogP) is 3.70. The minimum Gasteiger partial charge on any atom is -0.346 e. The van der Waals surface area contributed by atoms with Crippen molar-refractivity contribution >= 4 is 11.6 Å². The van der Waals surface area contributed by atoms with Crippen molar-refractivity contribution < 1.29 is 4.79 Å². The summed E-state index contributed by atoms with van der Waals surface area (Å²) in [5.74, 6) is -0.0843. The van der Waals surface area contributed by atoms with E-state index in [-0.39, 0.29) is 5.91 Å². The first-order valence-electron chi connectivity index (χ1n) is 9.19. The number of carbonyl (C=O) groups excluding carboxylic acids is 1. The molecule has 138 valence electrons. The van der Waals surface area contributed by atoms with Crippen LogP contribution in [0.3, 0.4) is 0 Å². The van der Waals surface area contributed by atoms with Gasteiger partial charge in [-0.2, -0.15) is 5.10 Å². The fourth-order valence-corrected chi connectivity index (χ4v) is 3.63. The Morgan fingerprint density at radius 1 is 1.11 bits per heavy atom. The van der Waals surface area contributed by atoms with Crippen LogP contribution in [0, 0.1) is 0 Å². The number of pyridine rings is 1. The fourth-order valence-electron chi connectivity index (χ4n) is 3.63. The Morgan fingerprint density at radius 2 is 2.00 bits per heavy atom. The second-order valence-corrected chi connectivity index (χ2v) is 6.98. The molecule has 2 aromatic heterocycles. The average molecular weight is 369 g/mol. The third-order valence-electron chi connectivity index (χ3n) is 5.08. The lowest BCUT2D eigenvalue weighted by molar-refractivity contribution is 0.0997. The number of aromatic nitrogens is 3. The summed E-state index contributed by atoms with van der Waals surface area (Å²) in [5.41, 5.74) is 5.43. The van der Waals surface area contributed by atoms with E-state index >= 15 is 0 Å². The molecule has 1 aromatic carbocycles. The van der Waals surface area contributed by atoms with Gasteiger partial charge in [0, 0.05) is 56.1 Å². The Balaban J connectivity index is 1.51. The molecule has 0 N–H and O–H groups in total. The van der Waals surface area contributed by atoms with Crippen LogP contribution in [-0.4, -0.2) is 25.6 Å². The van der Waals surface area contributed by atoms with E-state index in [1.165, 1.54) is 0 Å². The normalized spacial score (nSPS) is 15.1. The molecule has 0 atom stereocenters. The van der Waals surface area contributed by atoms with Crippen molar-refractivity contribution in [3.8, 4) is 11.3 Å². The molecule has 4 heterocycles. The minimum atomic E-state index is -0.0843. The van der Waals surface area contributed by atoms with Gasteiger partial charge in [0.25, 0.3) is 5.91 Å². The van der Waals surface area contributed by atoms with Gasteiger partial charge in [-0.3, -0.25) is 19.4 Å². The molecule has 3 aromatic rings. The number of para-hydroxylation sites is 1. The summed E-state index contributed by atoms with van der Waals surface area (Å²) in [6.07, 6.45) is 12.3. The van der Waals surface area contributed by atoms with Crippen LogP contribution in [0.25, 0.3) is 11.3 Å². The highest BCUT2D eigenvalue weighted by Gasteiger charge is 2.26. The number of anilines is 1. The van der Waals surface area contributed by atoms with E-state index in [2.05, 4.69) is 33.3 Å². The largest absolute Gasteiger partial charge is 0.346 e. The zero-order valence-corrected chi connectivity index (χ0v) is 15.5. The highest BCUT2D eigenvalue weighted by atomic mass is 16.2. The Hall–Kier alpha value is -3.67. The van der Waals surface area contributed by atoms with Crippen LogP contribution in [0.15, 0.2) is 79.2 Å². The maximum Gasteiger partial charge on any atom is 0.263 e. The highest BCUT2D eigenvalue weighted by molar-refractivity contribution is 6.07. The maximum atomic E-state index is 13.3. The van der Waals surface area contributed by atoms with Crippen molar-refractivity contribution in [1.82, 2.24) is 19.7 Å². The van der Waals surface area contributed by atoms with E-state index in [4.69, 9.17) is 0 Å². The Labute approximate surface area is 163 Å². The molecule has 1 amide bonds. The molecule has 0 fully saturated rings. The summed E-state index contributed by atoms with van der Waals surface area (Å²) in [5, 5.41) is 4.17. The van der Waals surface area contributed by atoms with Crippen molar-refractivity contribution in [1.29, 1.82) is 0 Å². The summed E-state index contributed by atoms with van der Waals surface area (Å²) in [4.78, 5) is 21.8. The summed E-state index contributed by atoms with van der Waals surface area (Å²) in [7, 11) is 1.87. The maximum absolute atomic E-state index is 13.3. The van der Waals surface area contributed by atoms with Gasteiger partial charge in [-0.05, 0) is 23.8 Å². The number of benzene rings is 1. The first kappa shape index (κ1) is 16.5. The second kappa shape index (κ2) is 6.49. The predicted molar refractivity (Wildman–Crippen MR) is 107 cm³/mol. The topological polar surface area (TPSA) is 54.3 Å². The van der Waals surface area contributed by atoms with E-state index in [1.54, 1.807) is 22.0 Å². The Kier molecular flexibility index (Phi) is 3.83. The van der Waals surface area contributed by atoms with E-state index in [9.17, 15) is 4.79 Å². The molecule has 28 heavy (non-hydrogen) atoms. The van der Waals surface area contributed by atoms with Gasteiger partial charge in [0.1, 0.15) is 0 Å². The number of allylic oxidation sites excluding steroid dienone is 1. The van der Waals surface area contributed by atoms with Gasteiger partial charge in [-0.1, -0.05) is 24.3 Å². The third kappa shape index (κ3) is 2.79. The smallest absolute Gasteiger partial charge is 0.263 e. The van der Waals surface area contributed by atoms with Crippen molar-refractivity contribution in [2.75, 3.05) is 4.90 Å². The minimum absolute atomic E-state index is 0.0843. The van der Waals surface area contributed by atoms with E-state index in [0.717, 1.165) is 41.2 Å². The van der Waals surface area contributed by atoms with Crippen molar-refractivity contribution in [3.63, 3.8) is 0 Å². The van der Waals surface area contributed by atoms with Gasteiger partial charge in [0.15, 0.2) is 0 Å². The molecule has 0 saturated carbocycles. The molecule has 6 nitrogen and oxygen atoms in total. The number of hydrogen-bond acceptors (Lipinski definition) is 4. The Morgan fingerprint density at radius 3 is 2.79 bits per heavy atom. The molecule has 2 aliphatic rings. The van der Waals surface area contributed by atoms with E-state index in [1.807, 2.05) is 49.8 Å². The Bertz CT molecular complexity index is 1110. The van der Waals surface area contributed by atoms with Crippen molar-refractivity contribution in [2.45, 2.75) is 13.0 Å². The van der Waals surface area contributed by atoms with Crippen LogP contribution >= 0.6 is 0 Å². The second-order valence-electron chi connectivity index (χ2n) is 6.98. The lowest BCUT2D eigenvalue weighted by Crippen LogP contribution is -2.26. The number of aryl methyl sites for hydroxylation is 1. The van der Waals surface area contributed by atoms with Gasteiger partial charge in [-0.15, -0.1) is 0 Å². The average Bonchev–Trinajstić information content (AvgIpc) is 3.32. The van der Waals surface area contributed by atoms with Crippen LogP contribution in [0.1, 0.15) is 22.3 Å². The number of amides is 1. The lowest BCUT2D eigenvalue weighted by Gasteiger charge is -2.20. The molecular weight excluding hydrogens is 350 g/mol. The number of nitrogens with zero attached hydrogens (tertiary/aromatic N) is 5. The van der Waals surface area contributed by atoms with Crippen molar-refractivity contribution in [2.24, 2.45) is 7.05 Å². The van der Waals surface area contributed by atoms with E-state index < -0.39 is 0 Å². The molecule has 0 bridgehead atoms. The van der Waals surface area contributed by atoms with Crippen LogP contribution in [0.2, 0.25) is 0 Å². The molecule has 0 unspecified atom stereocenters. The van der Waals surface area contributed by atoms with Gasteiger partial charge in [0.05, 0.1) is 23.1 Å². The first-order valence-corrected chi connectivity index (χ1v) is 9.19. The summed E-state index contributed by atoms with van der Waals surface area (Å²) < 4.78 is 1.73. The molecule has 2 aliphatic heterocycles. The quantitative estimate of drug-likeness (QED) is 0.691. The number of hydrogen-bond donors (Lipinski definition) is 0. The fraction of sp³-hybridized carbons (Fsp3) is 0.136. The van der Waals surface area contributed by atoms with Crippen LogP contribution in [-0.2, 0) is 13.6 Å². The molecule has 0 saturated heterocycles. The van der Waals surface area contributed by atoms with Gasteiger partial charge >= 0.3 is 0 Å². The first-order chi connectivity index (χ1) is 13.7. The summed E-state index contributed by atoms with van der Waals surface area (Å²) >= 11 is 0. The molecule has 0 spiro atoms. The molecular formula is C22H19N5O. The van der Waals surface area contributed by atoms with E-state index in [0.29, 0.717) is 5.56 Å². The standard InChI is InChI=1S/C22H19N5O/c1-25-13-18(12-24-25)20-9-8-16(11-23-20)22(28)27-15-19-6-4-10-26(19)14-17-5-2-3-7-21(17)27/h2-5,7-13,15H,6,14H2,1H3. The monoisotopic (exact) mass is 369 g/mol.